The van der Waals surface area contributed by atoms with Gasteiger partial charge in [0.2, 0.25) is 5.91 Å². The summed E-state index contributed by atoms with van der Waals surface area (Å²) in [6, 6.07) is 11.5. The van der Waals surface area contributed by atoms with E-state index in [-0.39, 0.29) is 12.5 Å². The minimum atomic E-state index is -0.872. The van der Waals surface area contributed by atoms with E-state index in [1.807, 2.05) is 41.8 Å². The Hall–Kier alpha value is -2.14. The molecule has 0 saturated carbocycles. The van der Waals surface area contributed by atoms with E-state index in [0.717, 1.165) is 11.1 Å². The van der Waals surface area contributed by atoms with E-state index in [4.69, 9.17) is 0 Å². The minimum Gasteiger partial charge on any atom is -0.481 e. The van der Waals surface area contributed by atoms with Crippen molar-refractivity contribution >= 4 is 23.2 Å². The summed E-state index contributed by atoms with van der Waals surface area (Å²) in [7, 11) is 0. The molecule has 1 N–H and O–H groups in total. The number of aliphatic carboxylic acids is 1. The number of carbonyl (C=O) groups is 2. The summed E-state index contributed by atoms with van der Waals surface area (Å²) in [6.07, 6.45) is 1.14. The van der Waals surface area contributed by atoms with Gasteiger partial charge in [-0.25, -0.2) is 0 Å². The van der Waals surface area contributed by atoms with Gasteiger partial charge in [-0.2, -0.15) is 0 Å². The number of hydrogen-bond acceptors (Lipinski definition) is 3. The lowest BCUT2D eigenvalue weighted by Crippen LogP contribution is -2.40. The summed E-state index contributed by atoms with van der Waals surface area (Å²) in [5.41, 5.74) is 1.77. The number of benzene rings is 1. The molecule has 1 amide bonds. The van der Waals surface area contributed by atoms with Gasteiger partial charge in [-0.3, -0.25) is 9.59 Å². The molecule has 1 unspecified atom stereocenters. The monoisotopic (exact) mass is 315 g/mol. The Labute approximate surface area is 133 Å². The molecule has 0 radical (unpaired) electrons. The van der Waals surface area contributed by atoms with Crippen molar-refractivity contribution in [1.82, 2.24) is 4.90 Å². The highest BCUT2D eigenvalue weighted by atomic mass is 32.1. The van der Waals surface area contributed by atoms with Crippen molar-refractivity contribution in [2.45, 2.75) is 25.3 Å². The predicted molar refractivity (Wildman–Crippen MR) is 84.9 cm³/mol. The largest absolute Gasteiger partial charge is 0.481 e. The summed E-state index contributed by atoms with van der Waals surface area (Å²) in [6.45, 7) is 0.763. The summed E-state index contributed by atoms with van der Waals surface area (Å²) >= 11 is 1.64. The number of rotatable bonds is 4. The highest BCUT2D eigenvalue weighted by molar-refractivity contribution is 7.09. The maximum atomic E-state index is 12.4. The molecule has 114 valence electrons. The number of hydrogen-bond donors (Lipinski definition) is 1. The average molecular weight is 315 g/mol. The highest BCUT2D eigenvalue weighted by Gasteiger charge is 2.32. The fourth-order valence-electron chi connectivity index (χ4n) is 2.85. The minimum absolute atomic E-state index is 0.0224. The number of amides is 1. The van der Waals surface area contributed by atoms with Crippen LogP contribution in [0.3, 0.4) is 0 Å². The van der Waals surface area contributed by atoms with Gasteiger partial charge in [-0.1, -0.05) is 30.3 Å². The molecule has 1 aliphatic heterocycles. The number of fused-ring (bicyclic) bond motifs is 1. The van der Waals surface area contributed by atoms with E-state index in [0.29, 0.717) is 19.4 Å². The van der Waals surface area contributed by atoms with Gasteiger partial charge in [0.15, 0.2) is 0 Å². The maximum absolute atomic E-state index is 12.4. The number of aryl methyl sites for hydroxylation is 1. The lowest BCUT2D eigenvalue weighted by molar-refractivity contribution is -0.141. The molecule has 0 aliphatic carbocycles. The van der Waals surface area contributed by atoms with Gasteiger partial charge in [-0.05, 0) is 29.0 Å². The van der Waals surface area contributed by atoms with Crippen LogP contribution < -0.4 is 0 Å². The van der Waals surface area contributed by atoms with Crippen LogP contribution in [-0.4, -0.2) is 28.4 Å². The summed E-state index contributed by atoms with van der Waals surface area (Å²) in [5, 5.41) is 11.4. The number of carboxylic acid groups (broad SMARTS) is 1. The van der Waals surface area contributed by atoms with Crippen molar-refractivity contribution in [3.8, 4) is 0 Å². The van der Waals surface area contributed by atoms with Gasteiger partial charge < -0.3 is 10.0 Å². The van der Waals surface area contributed by atoms with Crippen LogP contribution >= 0.6 is 11.3 Å². The third-order valence-corrected chi connectivity index (χ3v) is 4.95. The molecule has 0 bridgehead atoms. The third-order valence-electron chi connectivity index (χ3n) is 4.01. The van der Waals surface area contributed by atoms with Crippen LogP contribution in [0.5, 0.6) is 0 Å². The second-order valence-corrected chi connectivity index (χ2v) is 6.48. The molecule has 2 heterocycles. The standard InChI is InChI=1S/C17H17NO3S/c19-16(8-7-13-5-3-9-22-13)18-10-12-4-1-2-6-14(12)15(11-18)17(20)21/h1-6,9,15H,7-8,10-11H2,(H,20,21). The molecular formula is C17H17NO3S. The van der Waals surface area contributed by atoms with Gasteiger partial charge in [-0.15, -0.1) is 11.3 Å². The topological polar surface area (TPSA) is 57.6 Å². The van der Waals surface area contributed by atoms with Gasteiger partial charge >= 0.3 is 5.97 Å². The van der Waals surface area contributed by atoms with E-state index in [9.17, 15) is 14.7 Å². The first-order chi connectivity index (χ1) is 10.6. The van der Waals surface area contributed by atoms with Crippen LogP contribution in [0.15, 0.2) is 41.8 Å². The molecule has 5 heteroatoms. The first-order valence-electron chi connectivity index (χ1n) is 7.26. The number of thiophene rings is 1. The summed E-state index contributed by atoms with van der Waals surface area (Å²) in [4.78, 5) is 26.8. The molecule has 1 aliphatic rings. The van der Waals surface area contributed by atoms with Crippen LogP contribution in [0, 0.1) is 0 Å². The molecule has 22 heavy (non-hydrogen) atoms. The Kier molecular flexibility index (Phi) is 4.24. The molecule has 1 aromatic heterocycles. The van der Waals surface area contributed by atoms with Crippen LogP contribution in [0.2, 0.25) is 0 Å². The summed E-state index contributed by atoms with van der Waals surface area (Å²) in [5.74, 6) is -1.48. The highest BCUT2D eigenvalue weighted by Crippen LogP contribution is 2.29. The zero-order chi connectivity index (χ0) is 15.5. The third kappa shape index (κ3) is 3.04. The smallest absolute Gasteiger partial charge is 0.312 e. The van der Waals surface area contributed by atoms with Gasteiger partial charge in [0.05, 0.1) is 5.92 Å². The molecule has 2 aromatic rings. The van der Waals surface area contributed by atoms with Crippen LogP contribution in [0.4, 0.5) is 0 Å². The van der Waals surface area contributed by atoms with Crippen LogP contribution in [-0.2, 0) is 22.6 Å². The molecule has 0 fully saturated rings. The van der Waals surface area contributed by atoms with Crippen molar-refractivity contribution in [3.63, 3.8) is 0 Å². The quantitative estimate of drug-likeness (QED) is 0.944. The van der Waals surface area contributed by atoms with Crippen LogP contribution in [0.1, 0.15) is 28.3 Å². The van der Waals surface area contributed by atoms with E-state index in [1.54, 1.807) is 16.2 Å². The second-order valence-electron chi connectivity index (χ2n) is 5.44. The van der Waals surface area contributed by atoms with Gasteiger partial charge in [0, 0.05) is 24.4 Å². The molecular weight excluding hydrogens is 298 g/mol. The lowest BCUT2D eigenvalue weighted by atomic mass is 9.89. The van der Waals surface area contributed by atoms with Crippen molar-refractivity contribution in [2.75, 3.05) is 6.54 Å². The number of carbonyl (C=O) groups excluding carboxylic acids is 1. The number of carboxylic acids is 1. The first kappa shape index (κ1) is 14.8. The van der Waals surface area contributed by atoms with E-state index < -0.39 is 11.9 Å². The van der Waals surface area contributed by atoms with Gasteiger partial charge in [0.1, 0.15) is 0 Å². The maximum Gasteiger partial charge on any atom is 0.312 e. The van der Waals surface area contributed by atoms with E-state index >= 15 is 0 Å². The zero-order valence-electron chi connectivity index (χ0n) is 12.1. The SMILES string of the molecule is O=C(O)C1CN(C(=O)CCc2cccs2)Cc2ccccc21. The summed E-state index contributed by atoms with van der Waals surface area (Å²) < 4.78 is 0. The number of nitrogens with zero attached hydrogens (tertiary/aromatic N) is 1. The fourth-order valence-corrected chi connectivity index (χ4v) is 3.56. The van der Waals surface area contributed by atoms with Crippen LogP contribution in [0.25, 0.3) is 0 Å². The second kappa shape index (κ2) is 6.32. The molecule has 1 aromatic carbocycles. The Bertz CT molecular complexity index is 681. The lowest BCUT2D eigenvalue weighted by Gasteiger charge is -2.32. The Balaban J connectivity index is 1.73. The molecule has 1 atom stereocenters. The van der Waals surface area contributed by atoms with Crippen molar-refractivity contribution in [1.29, 1.82) is 0 Å². The zero-order valence-corrected chi connectivity index (χ0v) is 12.9. The average Bonchev–Trinajstić information content (AvgIpc) is 3.04. The predicted octanol–water partition coefficient (Wildman–Crippen LogP) is 2.89. The van der Waals surface area contributed by atoms with Crippen molar-refractivity contribution in [3.05, 3.63) is 57.8 Å². The molecule has 3 rings (SSSR count). The molecule has 0 saturated heterocycles. The van der Waals surface area contributed by atoms with Crippen molar-refractivity contribution in [2.24, 2.45) is 0 Å². The Morgan fingerprint density at radius 3 is 2.77 bits per heavy atom. The fraction of sp³-hybridized carbons (Fsp3) is 0.294. The van der Waals surface area contributed by atoms with E-state index in [2.05, 4.69) is 0 Å². The normalized spacial score (nSPS) is 17.1. The molecule has 4 nitrogen and oxygen atoms in total. The van der Waals surface area contributed by atoms with E-state index in [1.165, 1.54) is 4.88 Å². The Morgan fingerprint density at radius 2 is 2.05 bits per heavy atom. The molecule has 0 spiro atoms. The Morgan fingerprint density at radius 1 is 1.23 bits per heavy atom. The van der Waals surface area contributed by atoms with Crippen molar-refractivity contribution < 1.29 is 14.7 Å². The first-order valence-corrected chi connectivity index (χ1v) is 8.14. The van der Waals surface area contributed by atoms with Gasteiger partial charge in [0.25, 0.3) is 0 Å².